The Bertz CT molecular complexity index is 748. The molecule has 2 N–H and O–H groups in total. The van der Waals surface area contributed by atoms with Crippen LogP contribution in [0.2, 0.25) is 0 Å². The first-order valence-electron chi connectivity index (χ1n) is 8.57. The topological polar surface area (TPSA) is 50.2 Å². The zero-order valence-corrected chi connectivity index (χ0v) is 14.0. The van der Waals surface area contributed by atoms with Gasteiger partial charge in [-0.3, -0.25) is 4.79 Å². The molecule has 0 bridgehead atoms. The summed E-state index contributed by atoms with van der Waals surface area (Å²) < 4.78 is 0. The Hall–Kier alpha value is -1.20. The molecule has 0 saturated carbocycles. The first-order valence-corrected chi connectivity index (χ1v) is 9.39. The molecule has 1 aliphatic carbocycles. The van der Waals surface area contributed by atoms with Gasteiger partial charge in [0.1, 0.15) is 11.4 Å². The zero-order chi connectivity index (χ0) is 15.1. The van der Waals surface area contributed by atoms with Gasteiger partial charge < -0.3 is 9.88 Å². The largest absolute Gasteiger partial charge is 0.328 e. The number of likely N-dealkylation sites (tertiary alicyclic amines) is 1. The van der Waals surface area contributed by atoms with Gasteiger partial charge >= 0.3 is 0 Å². The molecule has 2 atom stereocenters. The van der Waals surface area contributed by atoms with Crippen molar-refractivity contribution in [2.45, 2.75) is 52.0 Å². The number of nitrogens with zero attached hydrogens (tertiary/aromatic N) is 1. The van der Waals surface area contributed by atoms with Crippen molar-refractivity contribution in [3.63, 3.8) is 0 Å². The van der Waals surface area contributed by atoms with Gasteiger partial charge in [-0.1, -0.05) is 6.92 Å². The average Bonchev–Trinajstić information content (AvgIpc) is 2.85. The van der Waals surface area contributed by atoms with Crippen LogP contribution in [0.3, 0.4) is 0 Å². The minimum absolute atomic E-state index is 0.0869. The minimum atomic E-state index is 0.0869. The molecule has 1 unspecified atom stereocenters. The Balaban J connectivity index is 1.67. The fraction of sp³-hybridized carbons (Fsp3) is 0.647. The SMILES string of the molecule is C[C@@H]1CCC[NH+](Cc2nc3sc4c(c3c(=O)[nH]2)CCCC4)C1. The quantitative estimate of drug-likeness (QED) is 0.885. The summed E-state index contributed by atoms with van der Waals surface area (Å²) in [6.45, 7) is 5.58. The molecule has 0 spiro atoms. The highest BCUT2D eigenvalue weighted by molar-refractivity contribution is 7.18. The third kappa shape index (κ3) is 2.61. The second-order valence-electron chi connectivity index (χ2n) is 7.03. The number of quaternary nitrogens is 1. The van der Waals surface area contributed by atoms with Gasteiger partial charge in [0.05, 0.1) is 18.5 Å². The van der Waals surface area contributed by atoms with E-state index in [2.05, 4.69) is 11.9 Å². The lowest BCUT2D eigenvalue weighted by atomic mass is 9.97. The lowest BCUT2D eigenvalue weighted by molar-refractivity contribution is -0.922. The van der Waals surface area contributed by atoms with Gasteiger partial charge in [-0.15, -0.1) is 11.3 Å². The smallest absolute Gasteiger partial charge is 0.260 e. The van der Waals surface area contributed by atoms with Gasteiger partial charge in [-0.05, 0) is 44.1 Å². The summed E-state index contributed by atoms with van der Waals surface area (Å²) in [5.74, 6) is 1.66. The van der Waals surface area contributed by atoms with Crippen molar-refractivity contribution in [3.8, 4) is 0 Å². The fourth-order valence-electron chi connectivity index (χ4n) is 4.09. The van der Waals surface area contributed by atoms with Crippen LogP contribution in [-0.4, -0.2) is 23.1 Å². The molecule has 2 aliphatic rings. The van der Waals surface area contributed by atoms with E-state index in [0.29, 0.717) is 0 Å². The fourth-order valence-corrected chi connectivity index (χ4v) is 5.37. The molecular formula is C17H24N3OS+. The second kappa shape index (κ2) is 5.78. The lowest BCUT2D eigenvalue weighted by Crippen LogP contribution is -3.12. The van der Waals surface area contributed by atoms with Crippen LogP contribution in [0.4, 0.5) is 0 Å². The molecule has 1 saturated heterocycles. The van der Waals surface area contributed by atoms with E-state index in [1.807, 2.05) is 0 Å². The van der Waals surface area contributed by atoms with Crippen LogP contribution in [0.25, 0.3) is 10.2 Å². The van der Waals surface area contributed by atoms with E-state index in [0.717, 1.165) is 41.3 Å². The van der Waals surface area contributed by atoms with Crippen molar-refractivity contribution < 1.29 is 4.90 Å². The Morgan fingerprint density at radius 2 is 2.18 bits per heavy atom. The van der Waals surface area contributed by atoms with Crippen LogP contribution >= 0.6 is 11.3 Å². The molecule has 4 nitrogen and oxygen atoms in total. The van der Waals surface area contributed by atoms with Crippen molar-refractivity contribution in [1.82, 2.24) is 9.97 Å². The van der Waals surface area contributed by atoms with Crippen LogP contribution in [0.1, 0.15) is 48.9 Å². The number of thiophene rings is 1. The summed E-state index contributed by atoms with van der Waals surface area (Å²) in [5.41, 5.74) is 1.37. The first kappa shape index (κ1) is 14.4. The Morgan fingerprint density at radius 1 is 1.32 bits per heavy atom. The van der Waals surface area contributed by atoms with E-state index >= 15 is 0 Å². The molecule has 1 aliphatic heterocycles. The molecule has 0 radical (unpaired) electrons. The predicted molar refractivity (Wildman–Crippen MR) is 89.7 cm³/mol. The number of aromatic amines is 1. The molecule has 5 heteroatoms. The van der Waals surface area contributed by atoms with Crippen LogP contribution in [0.5, 0.6) is 0 Å². The van der Waals surface area contributed by atoms with Gasteiger partial charge in [0, 0.05) is 10.8 Å². The van der Waals surface area contributed by atoms with Gasteiger partial charge in [-0.25, -0.2) is 4.98 Å². The number of H-pyrrole nitrogens is 1. The second-order valence-corrected chi connectivity index (χ2v) is 8.12. The van der Waals surface area contributed by atoms with Crippen molar-refractivity contribution in [2.75, 3.05) is 13.1 Å². The Labute approximate surface area is 134 Å². The summed E-state index contributed by atoms with van der Waals surface area (Å²) in [7, 11) is 0. The van der Waals surface area contributed by atoms with E-state index < -0.39 is 0 Å². The number of aromatic nitrogens is 2. The number of aryl methyl sites for hydroxylation is 2. The van der Waals surface area contributed by atoms with Gasteiger partial charge in [0.2, 0.25) is 0 Å². The lowest BCUT2D eigenvalue weighted by Gasteiger charge is -2.27. The van der Waals surface area contributed by atoms with Gasteiger partial charge in [0.25, 0.3) is 5.56 Å². The third-order valence-electron chi connectivity index (χ3n) is 5.16. The van der Waals surface area contributed by atoms with Gasteiger partial charge in [0.15, 0.2) is 5.82 Å². The average molecular weight is 318 g/mol. The highest BCUT2D eigenvalue weighted by Gasteiger charge is 2.23. The zero-order valence-electron chi connectivity index (χ0n) is 13.2. The maximum atomic E-state index is 12.5. The molecule has 4 rings (SSSR count). The first-order chi connectivity index (χ1) is 10.7. The van der Waals surface area contributed by atoms with Crippen molar-refractivity contribution in [2.24, 2.45) is 5.92 Å². The van der Waals surface area contributed by atoms with E-state index in [9.17, 15) is 4.79 Å². The molecule has 118 valence electrons. The summed E-state index contributed by atoms with van der Waals surface area (Å²) >= 11 is 1.75. The molecule has 2 aromatic rings. The van der Waals surface area contributed by atoms with Crippen molar-refractivity contribution in [3.05, 3.63) is 26.6 Å². The highest BCUT2D eigenvalue weighted by Crippen LogP contribution is 2.33. The van der Waals surface area contributed by atoms with Gasteiger partial charge in [-0.2, -0.15) is 0 Å². The monoisotopic (exact) mass is 318 g/mol. The Morgan fingerprint density at radius 3 is 3.05 bits per heavy atom. The standard InChI is InChI=1S/C17H23N3OS/c1-11-5-4-8-20(9-11)10-14-18-16(21)15-12-6-2-3-7-13(12)22-17(15)19-14/h11H,2-10H2,1H3,(H,18,19,21)/p+1/t11-/m1/s1. The van der Waals surface area contributed by atoms with E-state index in [1.54, 1.807) is 16.2 Å². The van der Waals surface area contributed by atoms with Crippen LogP contribution in [-0.2, 0) is 19.4 Å². The molecule has 22 heavy (non-hydrogen) atoms. The number of piperidine rings is 1. The number of hydrogen-bond acceptors (Lipinski definition) is 3. The summed E-state index contributed by atoms with van der Waals surface area (Å²) in [5, 5.41) is 0.880. The molecular weight excluding hydrogens is 294 g/mol. The van der Waals surface area contributed by atoms with Crippen LogP contribution < -0.4 is 10.5 Å². The summed E-state index contributed by atoms with van der Waals surface area (Å²) in [6, 6.07) is 0. The number of nitrogens with one attached hydrogen (secondary N) is 2. The van der Waals surface area contributed by atoms with E-state index in [1.165, 1.54) is 49.2 Å². The maximum Gasteiger partial charge on any atom is 0.260 e. The third-order valence-corrected chi connectivity index (χ3v) is 6.34. The van der Waals surface area contributed by atoms with E-state index in [4.69, 9.17) is 4.98 Å². The molecule has 1 fully saturated rings. The summed E-state index contributed by atoms with van der Waals surface area (Å²) in [6.07, 6.45) is 7.25. The number of rotatable bonds is 2. The molecule has 3 heterocycles. The summed E-state index contributed by atoms with van der Waals surface area (Å²) in [4.78, 5) is 24.3. The Kier molecular flexibility index (Phi) is 3.78. The minimum Gasteiger partial charge on any atom is -0.328 e. The van der Waals surface area contributed by atoms with Crippen LogP contribution in [0, 0.1) is 5.92 Å². The van der Waals surface area contributed by atoms with Crippen molar-refractivity contribution >= 4 is 21.6 Å². The number of hydrogen-bond donors (Lipinski definition) is 2. The molecule has 0 aromatic carbocycles. The van der Waals surface area contributed by atoms with Crippen LogP contribution in [0.15, 0.2) is 4.79 Å². The predicted octanol–water partition coefficient (Wildman–Crippen LogP) is 1.68. The maximum absolute atomic E-state index is 12.5. The van der Waals surface area contributed by atoms with Crippen molar-refractivity contribution in [1.29, 1.82) is 0 Å². The molecule has 0 amide bonds. The highest BCUT2D eigenvalue weighted by atomic mass is 32.1. The van der Waals surface area contributed by atoms with E-state index in [-0.39, 0.29) is 5.56 Å². The normalized spacial score (nSPS) is 25.3. The molecule has 2 aromatic heterocycles. The number of fused-ring (bicyclic) bond motifs is 3.